The van der Waals surface area contributed by atoms with Crippen molar-refractivity contribution in [3.05, 3.63) is 29.8 Å². The molecular weight excluding hydrogens is 246 g/mol. The minimum absolute atomic E-state index is 0.123. The molecule has 3 N–H and O–H groups in total. The minimum Gasteiger partial charge on any atom is -0.481 e. The molecular formula is C13H15N3O3. The van der Waals surface area contributed by atoms with Crippen molar-refractivity contribution in [3.63, 3.8) is 0 Å². The highest BCUT2D eigenvalue weighted by Crippen LogP contribution is 2.09. The van der Waals surface area contributed by atoms with Gasteiger partial charge in [-0.25, -0.2) is 4.79 Å². The van der Waals surface area contributed by atoms with Crippen molar-refractivity contribution in [1.29, 1.82) is 5.26 Å². The Morgan fingerprint density at radius 1 is 1.47 bits per heavy atom. The number of anilines is 1. The van der Waals surface area contributed by atoms with Gasteiger partial charge in [-0.1, -0.05) is 13.0 Å². The molecule has 1 aromatic carbocycles. The molecule has 19 heavy (non-hydrogen) atoms. The molecule has 1 unspecified atom stereocenters. The lowest BCUT2D eigenvalue weighted by Gasteiger charge is -2.15. The van der Waals surface area contributed by atoms with E-state index in [4.69, 9.17) is 10.4 Å². The van der Waals surface area contributed by atoms with Crippen LogP contribution in [0.25, 0.3) is 0 Å². The second kappa shape index (κ2) is 7.01. The number of hydrogen-bond acceptors (Lipinski definition) is 3. The number of carbonyl (C=O) groups excluding carboxylic acids is 1. The number of amides is 2. The topological polar surface area (TPSA) is 102 Å². The number of benzene rings is 1. The lowest BCUT2D eigenvalue weighted by atomic mass is 10.1. The van der Waals surface area contributed by atoms with Gasteiger partial charge in [0.1, 0.15) is 0 Å². The molecule has 0 saturated heterocycles. The van der Waals surface area contributed by atoms with Crippen LogP contribution in [0.3, 0.4) is 0 Å². The van der Waals surface area contributed by atoms with Gasteiger partial charge in [0.15, 0.2) is 0 Å². The van der Waals surface area contributed by atoms with Crippen molar-refractivity contribution in [1.82, 2.24) is 5.32 Å². The average molecular weight is 261 g/mol. The molecule has 6 nitrogen and oxygen atoms in total. The molecule has 0 aliphatic heterocycles. The van der Waals surface area contributed by atoms with Crippen LogP contribution in [-0.4, -0.2) is 23.1 Å². The summed E-state index contributed by atoms with van der Waals surface area (Å²) in [7, 11) is 0. The zero-order chi connectivity index (χ0) is 14.3. The van der Waals surface area contributed by atoms with Gasteiger partial charge in [0.2, 0.25) is 0 Å². The third-order valence-corrected chi connectivity index (χ3v) is 2.50. The fourth-order valence-corrected chi connectivity index (χ4v) is 1.53. The van der Waals surface area contributed by atoms with Gasteiger partial charge in [-0.2, -0.15) is 5.26 Å². The Morgan fingerprint density at radius 3 is 2.79 bits per heavy atom. The summed E-state index contributed by atoms with van der Waals surface area (Å²) in [5, 5.41) is 22.5. The number of hydrogen-bond donors (Lipinski definition) is 3. The molecule has 0 aliphatic rings. The number of carboxylic acids is 1. The van der Waals surface area contributed by atoms with Crippen LogP contribution in [0.1, 0.15) is 25.3 Å². The van der Waals surface area contributed by atoms with Gasteiger partial charge in [-0.3, -0.25) is 4.79 Å². The van der Waals surface area contributed by atoms with Gasteiger partial charge in [0.25, 0.3) is 0 Å². The first-order valence-corrected chi connectivity index (χ1v) is 5.84. The van der Waals surface area contributed by atoms with Crippen LogP contribution in [0.15, 0.2) is 24.3 Å². The number of nitriles is 1. The summed E-state index contributed by atoms with van der Waals surface area (Å²) in [6.07, 6.45) is 0.403. The predicted molar refractivity (Wildman–Crippen MR) is 69.6 cm³/mol. The van der Waals surface area contributed by atoms with E-state index in [9.17, 15) is 9.59 Å². The SMILES string of the molecule is CCC(CC(=O)O)NC(=O)Nc1cccc(C#N)c1. The highest BCUT2D eigenvalue weighted by Gasteiger charge is 2.13. The van der Waals surface area contributed by atoms with Crippen LogP contribution in [0.4, 0.5) is 10.5 Å². The van der Waals surface area contributed by atoms with Gasteiger partial charge >= 0.3 is 12.0 Å². The smallest absolute Gasteiger partial charge is 0.319 e. The van der Waals surface area contributed by atoms with E-state index in [0.717, 1.165) is 0 Å². The fourth-order valence-electron chi connectivity index (χ4n) is 1.53. The van der Waals surface area contributed by atoms with E-state index in [0.29, 0.717) is 17.7 Å². The van der Waals surface area contributed by atoms with E-state index in [1.165, 1.54) is 6.07 Å². The van der Waals surface area contributed by atoms with Crippen LogP contribution in [0, 0.1) is 11.3 Å². The number of nitrogens with zero attached hydrogens (tertiary/aromatic N) is 1. The molecule has 0 fully saturated rings. The van der Waals surface area contributed by atoms with Crippen molar-refractivity contribution in [2.45, 2.75) is 25.8 Å². The van der Waals surface area contributed by atoms with Crippen LogP contribution >= 0.6 is 0 Å². The molecule has 6 heteroatoms. The zero-order valence-electron chi connectivity index (χ0n) is 10.5. The van der Waals surface area contributed by atoms with Crippen molar-refractivity contribution in [2.24, 2.45) is 0 Å². The van der Waals surface area contributed by atoms with Crippen LogP contribution in [0.2, 0.25) is 0 Å². The summed E-state index contributed by atoms with van der Waals surface area (Å²) in [6, 6.07) is 7.54. The third-order valence-electron chi connectivity index (χ3n) is 2.50. The Morgan fingerprint density at radius 2 is 2.21 bits per heavy atom. The second-order valence-corrected chi connectivity index (χ2v) is 3.99. The van der Waals surface area contributed by atoms with Crippen molar-refractivity contribution in [3.8, 4) is 6.07 Å². The van der Waals surface area contributed by atoms with Gasteiger partial charge in [0.05, 0.1) is 18.1 Å². The molecule has 0 saturated carbocycles. The van der Waals surface area contributed by atoms with Crippen molar-refractivity contribution >= 4 is 17.7 Å². The quantitative estimate of drug-likeness (QED) is 0.753. The first-order chi connectivity index (χ1) is 9.05. The van der Waals surface area contributed by atoms with E-state index in [1.807, 2.05) is 6.07 Å². The van der Waals surface area contributed by atoms with E-state index in [2.05, 4.69) is 10.6 Å². The monoisotopic (exact) mass is 261 g/mol. The van der Waals surface area contributed by atoms with Crippen LogP contribution in [0.5, 0.6) is 0 Å². The molecule has 0 aliphatic carbocycles. The average Bonchev–Trinajstić information content (AvgIpc) is 2.37. The first kappa shape index (κ1) is 14.5. The molecule has 0 heterocycles. The molecule has 0 aromatic heterocycles. The van der Waals surface area contributed by atoms with Gasteiger partial charge < -0.3 is 15.7 Å². The number of nitrogens with one attached hydrogen (secondary N) is 2. The van der Waals surface area contributed by atoms with E-state index < -0.39 is 18.0 Å². The summed E-state index contributed by atoms with van der Waals surface area (Å²) in [5.41, 5.74) is 0.928. The molecule has 1 aromatic rings. The van der Waals surface area contributed by atoms with Gasteiger partial charge in [-0.05, 0) is 24.6 Å². The summed E-state index contributed by atoms with van der Waals surface area (Å²) in [5.74, 6) is -0.960. The molecule has 1 rings (SSSR count). The summed E-state index contributed by atoms with van der Waals surface area (Å²) >= 11 is 0. The fraction of sp³-hybridized carbons (Fsp3) is 0.308. The highest BCUT2D eigenvalue weighted by molar-refractivity contribution is 5.89. The normalized spacial score (nSPS) is 11.2. The van der Waals surface area contributed by atoms with Crippen molar-refractivity contribution in [2.75, 3.05) is 5.32 Å². The Bertz CT molecular complexity index is 508. The second-order valence-electron chi connectivity index (χ2n) is 3.99. The zero-order valence-corrected chi connectivity index (χ0v) is 10.5. The predicted octanol–water partition coefficient (Wildman–Crippen LogP) is 1.93. The largest absolute Gasteiger partial charge is 0.481 e. The van der Waals surface area contributed by atoms with Crippen LogP contribution < -0.4 is 10.6 Å². The lowest BCUT2D eigenvalue weighted by Crippen LogP contribution is -2.38. The molecule has 2 amide bonds. The van der Waals surface area contributed by atoms with E-state index in [1.54, 1.807) is 25.1 Å². The molecule has 0 bridgehead atoms. The maximum absolute atomic E-state index is 11.7. The first-order valence-electron chi connectivity index (χ1n) is 5.84. The van der Waals surface area contributed by atoms with Gasteiger partial charge in [0, 0.05) is 11.7 Å². The van der Waals surface area contributed by atoms with E-state index in [-0.39, 0.29) is 6.42 Å². The molecule has 1 atom stereocenters. The number of rotatable bonds is 5. The Labute approximate surface area is 111 Å². The lowest BCUT2D eigenvalue weighted by molar-refractivity contribution is -0.137. The van der Waals surface area contributed by atoms with E-state index >= 15 is 0 Å². The summed E-state index contributed by atoms with van der Waals surface area (Å²) < 4.78 is 0. The Balaban J connectivity index is 2.59. The molecule has 100 valence electrons. The van der Waals surface area contributed by atoms with Crippen molar-refractivity contribution < 1.29 is 14.7 Å². The van der Waals surface area contributed by atoms with Gasteiger partial charge in [-0.15, -0.1) is 0 Å². The maximum Gasteiger partial charge on any atom is 0.319 e. The summed E-state index contributed by atoms with van der Waals surface area (Å²) in [4.78, 5) is 22.2. The minimum atomic E-state index is -0.960. The van der Waals surface area contributed by atoms with Crippen LogP contribution in [-0.2, 0) is 4.79 Å². The Kier molecular flexibility index (Phi) is 5.35. The summed E-state index contributed by atoms with van der Waals surface area (Å²) in [6.45, 7) is 1.80. The number of carbonyl (C=O) groups is 2. The molecule has 0 spiro atoms. The third kappa shape index (κ3) is 5.08. The number of carboxylic acid groups (broad SMARTS) is 1. The standard InChI is InChI=1S/C13H15N3O3/c1-2-10(7-12(17)18)15-13(19)16-11-5-3-4-9(6-11)8-14/h3-6,10H,2,7H2,1H3,(H,17,18)(H2,15,16,19). The number of urea groups is 1. The maximum atomic E-state index is 11.7. The number of aliphatic carboxylic acids is 1. The Hall–Kier alpha value is -2.55. The highest BCUT2D eigenvalue weighted by atomic mass is 16.4. The molecule has 0 radical (unpaired) electrons.